The molecular weight excluding hydrogens is 325 g/mol. The lowest BCUT2D eigenvalue weighted by atomic mass is 10.1. The average molecular weight is 340 g/mol. The number of rotatable bonds is 4. The molecule has 1 aromatic rings. The molecule has 20 heavy (non-hydrogen) atoms. The summed E-state index contributed by atoms with van der Waals surface area (Å²) in [4.78, 5) is -0.145. The molecule has 1 saturated heterocycles. The number of primary sulfonamides is 1. The molecule has 0 saturated carbocycles. The maximum atomic E-state index is 11.3. The van der Waals surface area contributed by atoms with Crippen molar-refractivity contribution in [2.75, 3.05) is 13.2 Å². The van der Waals surface area contributed by atoms with Gasteiger partial charge in [-0.3, -0.25) is 0 Å². The molecule has 0 radical (unpaired) electrons. The number of benzene rings is 1. The average Bonchev–Trinajstić information content (AvgIpc) is 2.37. The Balaban J connectivity index is 2.12. The molecule has 0 bridgehead atoms. The fraction of sp³-hybridized carbons (Fsp3) is 0.500. The van der Waals surface area contributed by atoms with Gasteiger partial charge in [-0.1, -0.05) is 23.2 Å². The van der Waals surface area contributed by atoms with Crippen LogP contribution in [0.1, 0.15) is 19.3 Å². The molecule has 0 amide bonds. The van der Waals surface area contributed by atoms with Gasteiger partial charge in [-0.2, -0.15) is 0 Å². The number of ether oxygens (including phenoxy) is 2. The van der Waals surface area contributed by atoms with Gasteiger partial charge in [0.15, 0.2) is 5.75 Å². The van der Waals surface area contributed by atoms with E-state index in [0.717, 1.165) is 25.9 Å². The zero-order valence-electron chi connectivity index (χ0n) is 10.6. The van der Waals surface area contributed by atoms with Crippen molar-refractivity contribution in [1.82, 2.24) is 0 Å². The summed E-state index contributed by atoms with van der Waals surface area (Å²) in [6.45, 7) is 1.05. The molecule has 8 heteroatoms. The fourth-order valence-electron chi connectivity index (χ4n) is 1.95. The highest BCUT2D eigenvalue weighted by Crippen LogP contribution is 2.35. The van der Waals surface area contributed by atoms with E-state index < -0.39 is 10.0 Å². The molecule has 0 aliphatic carbocycles. The molecule has 1 unspecified atom stereocenters. The molecular formula is C12H15Cl2NO4S. The predicted molar refractivity (Wildman–Crippen MR) is 76.9 cm³/mol. The number of hydrogen-bond acceptors (Lipinski definition) is 4. The Bertz CT molecular complexity index is 562. The van der Waals surface area contributed by atoms with Crippen LogP contribution < -0.4 is 9.88 Å². The van der Waals surface area contributed by atoms with E-state index in [2.05, 4.69) is 0 Å². The largest absolute Gasteiger partial charge is 0.488 e. The van der Waals surface area contributed by atoms with E-state index in [1.165, 1.54) is 12.1 Å². The van der Waals surface area contributed by atoms with E-state index in [1.807, 2.05) is 0 Å². The van der Waals surface area contributed by atoms with Crippen LogP contribution >= 0.6 is 23.2 Å². The Morgan fingerprint density at radius 1 is 1.30 bits per heavy atom. The standard InChI is InChI=1S/C12H15Cl2NO4S/c13-10-5-9(20(15,16)17)6-11(14)12(10)19-7-8-3-1-2-4-18-8/h5-6,8H,1-4,7H2,(H2,15,16,17). The van der Waals surface area contributed by atoms with E-state index in [0.29, 0.717) is 6.61 Å². The van der Waals surface area contributed by atoms with Crippen LogP contribution in [-0.4, -0.2) is 27.7 Å². The number of nitrogens with two attached hydrogens (primary N) is 1. The van der Waals surface area contributed by atoms with Gasteiger partial charge in [-0.15, -0.1) is 0 Å². The highest BCUT2D eigenvalue weighted by molar-refractivity contribution is 7.89. The van der Waals surface area contributed by atoms with E-state index in [-0.39, 0.29) is 26.8 Å². The Hall–Kier alpha value is -0.530. The summed E-state index contributed by atoms with van der Waals surface area (Å²) in [5, 5.41) is 5.25. The van der Waals surface area contributed by atoms with Gasteiger partial charge in [0.1, 0.15) is 6.61 Å². The first kappa shape index (κ1) is 15.9. The Morgan fingerprint density at radius 2 is 1.95 bits per heavy atom. The summed E-state index contributed by atoms with van der Waals surface area (Å²) < 4.78 is 33.6. The summed E-state index contributed by atoms with van der Waals surface area (Å²) in [6, 6.07) is 2.44. The SMILES string of the molecule is NS(=O)(=O)c1cc(Cl)c(OCC2CCCCO2)c(Cl)c1. The Morgan fingerprint density at radius 3 is 2.45 bits per heavy atom. The maximum Gasteiger partial charge on any atom is 0.238 e. The van der Waals surface area contributed by atoms with E-state index in [4.69, 9.17) is 37.8 Å². The van der Waals surface area contributed by atoms with Gasteiger partial charge in [-0.25, -0.2) is 13.6 Å². The van der Waals surface area contributed by atoms with Crippen LogP contribution in [0.5, 0.6) is 5.75 Å². The molecule has 1 aliphatic heterocycles. The third-order valence-corrected chi connectivity index (χ3v) is 4.44. The molecule has 112 valence electrons. The van der Waals surface area contributed by atoms with Crippen LogP contribution in [0.3, 0.4) is 0 Å². The monoisotopic (exact) mass is 339 g/mol. The number of sulfonamides is 1. The minimum atomic E-state index is -3.85. The zero-order valence-corrected chi connectivity index (χ0v) is 13.0. The first-order valence-electron chi connectivity index (χ1n) is 6.14. The normalized spacial score (nSPS) is 19.9. The van der Waals surface area contributed by atoms with E-state index in [1.54, 1.807) is 0 Å². The van der Waals surface area contributed by atoms with Crippen molar-refractivity contribution >= 4 is 33.2 Å². The molecule has 1 atom stereocenters. The first-order chi connectivity index (χ1) is 9.38. The van der Waals surface area contributed by atoms with Crippen molar-refractivity contribution in [3.63, 3.8) is 0 Å². The lowest BCUT2D eigenvalue weighted by Crippen LogP contribution is -2.26. The lowest BCUT2D eigenvalue weighted by Gasteiger charge is -2.23. The smallest absolute Gasteiger partial charge is 0.238 e. The molecule has 1 fully saturated rings. The van der Waals surface area contributed by atoms with Crippen molar-refractivity contribution in [2.24, 2.45) is 5.14 Å². The number of halogens is 2. The predicted octanol–water partition coefficient (Wildman–Crippen LogP) is 2.59. The Kier molecular flexibility index (Phi) is 5.14. The van der Waals surface area contributed by atoms with Gasteiger partial charge in [0.2, 0.25) is 10.0 Å². The van der Waals surface area contributed by atoms with Crippen LogP contribution in [0.15, 0.2) is 17.0 Å². The van der Waals surface area contributed by atoms with Gasteiger partial charge in [0.05, 0.1) is 21.0 Å². The van der Waals surface area contributed by atoms with Crippen molar-refractivity contribution in [1.29, 1.82) is 0 Å². The maximum absolute atomic E-state index is 11.3. The van der Waals surface area contributed by atoms with Crippen molar-refractivity contribution < 1.29 is 17.9 Å². The highest BCUT2D eigenvalue weighted by Gasteiger charge is 2.19. The van der Waals surface area contributed by atoms with Crippen molar-refractivity contribution in [3.8, 4) is 5.75 Å². The van der Waals surface area contributed by atoms with Gasteiger partial charge in [-0.05, 0) is 31.4 Å². The summed E-state index contributed by atoms with van der Waals surface area (Å²) in [6.07, 6.45) is 3.08. The minimum absolute atomic E-state index is 0.00815. The zero-order chi connectivity index (χ0) is 14.8. The molecule has 2 rings (SSSR count). The second kappa shape index (κ2) is 6.49. The molecule has 0 aromatic heterocycles. The van der Waals surface area contributed by atoms with Crippen LogP contribution in [0.4, 0.5) is 0 Å². The first-order valence-corrected chi connectivity index (χ1v) is 8.44. The minimum Gasteiger partial charge on any atom is -0.488 e. The van der Waals surface area contributed by atoms with Crippen LogP contribution in [0, 0.1) is 0 Å². The van der Waals surface area contributed by atoms with Crippen LogP contribution in [-0.2, 0) is 14.8 Å². The topological polar surface area (TPSA) is 78.6 Å². The molecule has 1 aliphatic rings. The van der Waals surface area contributed by atoms with Crippen LogP contribution in [0.2, 0.25) is 10.0 Å². The van der Waals surface area contributed by atoms with Crippen molar-refractivity contribution in [2.45, 2.75) is 30.3 Å². The van der Waals surface area contributed by atoms with Gasteiger partial charge < -0.3 is 9.47 Å². The lowest BCUT2D eigenvalue weighted by molar-refractivity contribution is -0.0110. The molecule has 2 N–H and O–H groups in total. The summed E-state index contributed by atoms with van der Waals surface area (Å²) in [5.74, 6) is 0.245. The molecule has 1 heterocycles. The summed E-state index contributed by atoms with van der Waals surface area (Å²) >= 11 is 12.0. The van der Waals surface area contributed by atoms with Crippen LogP contribution in [0.25, 0.3) is 0 Å². The molecule has 0 spiro atoms. The quantitative estimate of drug-likeness (QED) is 0.914. The van der Waals surface area contributed by atoms with Gasteiger partial charge >= 0.3 is 0 Å². The highest BCUT2D eigenvalue weighted by atomic mass is 35.5. The Labute approximate surface area is 128 Å². The van der Waals surface area contributed by atoms with Gasteiger partial charge in [0, 0.05) is 6.61 Å². The molecule has 1 aromatic carbocycles. The van der Waals surface area contributed by atoms with Gasteiger partial charge in [0.25, 0.3) is 0 Å². The molecule has 5 nitrogen and oxygen atoms in total. The summed E-state index contributed by atoms with van der Waals surface area (Å²) in [5.41, 5.74) is 0. The number of hydrogen-bond donors (Lipinski definition) is 1. The third kappa shape index (κ3) is 3.99. The van der Waals surface area contributed by atoms with Crippen molar-refractivity contribution in [3.05, 3.63) is 22.2 Å². The third-order valence-electron chi connectivity index (χ3n) is 2.99. The van der Waals surface area contributed by atoms with E-state index in [9.17, 15) is 8.42 Å². The second-order valence-electron chi connectivity index (χ2n) is 4.56. The summed E-state index contributed by atoms with van der Waals surface area (Å²) in [7, 11) is -3.85. The fourth-order valence-corrected chi connectivity index (χ4v) is 3.24. The van der Waals surface area contributed by atoms with E-state index >= 15 is 0 Å². The second-order valence-corrected chi connectivity index (χ2v) is 6.94.